The molecule has 3 heterocycles. The van der Waals surface area contributed by atoms with Gasteiger partial charge in [-0.1, -0.05) is 0 Å². The highest BCUT2D eigenvalue weighted by atomic mass is 19.1. The molecule has 114 valence electrons. The van der Waals surface area contributed by atoms with Gasteiger partial charge in [-0.3, -0.25) is 9.78 Å². The second-order valence-electron chi connectivity index (χ2n) is 4.72. The summed E-state index contributed by atoms with van der Waals surface area (Å²) in [5.74, 6) is -0.435. The Hall–Kier alpha value is -2.61. The summed E-state index contributed by atoms with van der Waals surface area (Å²) in [6, 6.07) is 1.12. The fourth-order valence-corrected chi connectivity index (χ4v) is 2.05. The molecule has 8 heteroatoms. The molecule has 1 fully saturated rings. The van der Waals surface area contributed by atoms with Crippen LogP contribution >= 0.6 is 0 Å². The van der Waals surface area contributed by atoms with Crippen LogP contribution in [-0.4, -0.2) is 47.2 Å². The molecule has 1 N–H and O–H groups in total. The summed E-state index contributed by atoms with van der Waals surface area (Å²) in [6.45, 7) is 2.77. The van der Waals surface area contributed by atoms with Crippen LogP contribution in [0.2, 0.25) is 0 Å². The van der Waals surface area contributed by atoms with E-state index in [1.54, 1.807) is 0 Å². The Morgan fingerprint density at radius 3 is 2.59 bits per heavy atom. The van der Waals surface area contributed by atoms with Gasteiger partial charge in [0.05, 0.1) is 43.1 Å². The van der Waals surface area contributed by atoms with Crippen LogP contribution in [0.25, 0.3) is 0 Å². The lowest BCUT2D eigenvalue weighted by Crippen LogP contribution is -2.37. The van der Waals surface area contributed by atoms with Gasteiger partial charge in [-0.2, -0.15) is 0 Å². The zero-order valence-corrected chi connectivity index (χ0v) is 11.7. The normalized spacial score (nSPS) is 14.7. The van der Waals surface area contributed by atoms with Gasteiger partial charge in [0.2, 0.25) is 5.95 Å². The molecule has 22 heavy (non-hydrogen) atoms. The number of halogens is 1. The van der Waals surface area contributed by atoms with Crippen LogP contribution in [0.1, 0.15) is 10.4 Å². The summed E-state index contributed by atoms with van der Waals surface area (Å²) in [4.78, 5) is 26.0. The van der Waals surface area contributed by atoms with Gasteiger partial charge in [0, 0.05) is 19.3 Å². The first-order chi connectivity index (χ1) is 10.7. The van der Waals surface area contributed by atoms with E-state index in [4.69, 9.17) is 4.74 Å². The molecule has 0 aliphatic carbocycles. The number of carbonyl (C=O) groups excluding carboxylic acids is 1. The molecule has 0 spiro atoms. The number of hydrogen-bond acceptors (Lipinski definition) is 6. The fourth-order valence-electron chi connectivity index (χ4n) is 2.05. The predicted molar refractivity (Wildman–Crippen MR) is 77.2 cm³/mol. The zero-order valence-electron chi connectivity index (χ0n) is 11.7. The standard InChI is InChI=1S/C14H14FN5O2/c15-11-5-10(6-16-7-11)13(21)19-12-8-17-14(18-9-12)20-1-3-22-4-2-20/h5-9H,1-4H2,(H,19,21). The predicted octanol–water partition coefficient (Wildman–Crippen LogP) is 1.10. The number of hydrogen-bond donors (Lipinski definition) is 1. The van der Waals surface area contributed by atoms with Crippen LogP contribution in [0.3, 0.4) is 0 Å². The van der Waals surface area contributed by atoms with E-state index in [0.29, 0.717) is 24.8 Å². The second kappa shape index (κ2) is 6.44. The highest BCUT2D eigenvalue weighted by molar-refractivity contribution is 6.03. The Bertz CT molecular complexity index is 659. The van der Waals surface area contributed by atoms with Crippen LogP contribution < -0.4 is 10.2 Å². The molecular formula is C14H14FN5O2. The Kier molecular flexibility index (Phi) is 4.19. The number of nitrogens with zero attached hydrogens (tertiary/aromatic N) is 4. The largest absolute Gasteiger partial charge is 0.378 e. The maximum absolute atomic E-state index is 13.0. The molecule has 1 aliphatic rings. The van der Waals surface area contributed by atoms with Gasteiger partial charge in [0.25, 0.3) is 5.91 Å². The van der Waals surface area contributed by atoms with Crippen LogP contribution in [0.15, 0.2) is 30.9 Å². The van der Waals surface area contributed by atoms with E-state index in [9.17, 15) is 9.18 Å². The van der Waals surface area contributed by atoms with Crippen molar-refractivity contribution in [2.45, 2.75) is 0 Å². The second-order valence-corrected chi connectivity index (χ2v) is 4.72. The Labute approximate surface area is 126 Å². The van der Waals surface area contributed by atoms with Gasteiger partial charge in [-0.25, -0.2) is 14.4 Å². The van der Waals surface area contributed by atoms with Crippen molar-refractivity contribution in [2.24, 2.45) is 0 Å². The molecule has 0 bridgehead atoms. The Morgan fingerprint density at radius 1 is 1.18 bits per heavy atom. The number of rotatable bonds is 3. The van der Waals surface area contributed by atoms with Crippen LogP contribution in [0.4, 0.5) is 16.0 Å². The number of morpholine rings is 1. The summed E-state index contributed by atoms with van der Waals surface area (Å²) in [5.41, 5.74) is 0.573. The van der Waals surface area contributed by atoms with Gasteiger partial charge in [-0.15, -0.1) is 0 Å². The first-order valence-electron chi connectivity index (χ1n) is 6.79. The van der Waals surface area contributed by atoms with E-state index in [0.717, 1.165) is 25.4 Å². The summed E-state index contributed by atoms with van der Waals surface area (Å²) < 4.78 is 18.3. The number of carbonyl (C=O) groups is 1. The summed E-state index contributed by atoms with van der Waals surface area (Å²) in [6.07, 6.45) is 5.36. The van der Waals surface area contributed by atoms with Crippen LogP contribution in [0.5, 0.6) is 0 Å². The average molecular weight is 303 g/mol. The van der Waals surface area contributed by atoms with Crippen molar-refractivity contribution in [1.29, 1.82) is 0 Å². The minimum Gasteiger partial charge on any atom is -0.378 e. The van der Waals surface area contributed by atoms with E-state index in [-0.39, 0.29) is 5.56 Å². The van der Waals surface area contributed by atoms with E-state index in [2.05, 4.69) is 20.3 Å². The number of ether oxygens (including phenoxy) is 1. The molecule has 2 aromatic heterocycles. The lowest BCUT2D eigenvalue weighted by molar-refractivity contribution is 0.102. The van der Waals surface area contributed by atoms with Crippen molar-refractivity contribution < 1.29 is 13.9 Å². The topological polar surface area (TPSA) is 80.2 Å². The monoisotopic (exact) mass is 303 g/mol. The number of pyridine rings is 1. The molecule has 0 radical (unpaired) electrons. The fraction of sp³-hybridized carbons (Fsp3) is 0.286. The van der Waals surface area contributed by atoms with Crippen molar-refractivity contribution in [3.05, 3.63) is 42.2 Å². The minimum absolute atomic E-state index is 0.136. The average Bonchev–Trinajstić information content (AvgIpc) is 2.56. The lowest BCUT2D eigenvalue weighted by atomic mass is 10.2. The number of aromatic nitrogens is 3. The van der Waals surface area contributed by atoms with Crippen molar-refractivity contribution >= 4 is 17.5 Å². The summed E-state index contributed by atoms with van der Waals surface area (Å²) in [7, 11) is 0. The van der Waals surface area contributed by atoms with Gasteiger partial charge in [-0.05, 0) is 6.07 Å². The van der Waals surface area contributed by atoms with E-state index in [1.165, 1.54) is 18.6 Å². The SMILES string of the molecule is O=C(Nc1cnc(N2CCOCC2)nc1)c1cncc(F)c1. The molecule has 0 aromatic carbocycles. The molecule has 1 saturated heterocycles. The molecule has 0 unspecified atom stereocenters. The van der Waals surface area contributed by atoms with E-state index < -0.39 is 11.7 Å². The highest BCUT2D eigenvalue weighted by Crippen LogP contribution is 2.13. The van der Waals surface area contributed by atoms with Crippen molar-refractivity contribution in [2.75, 3.05) is 36.5 Å². The summed E-state index contributed by atoms with van der Waals surface area (Å²) in [5, 5.41) is 2.60. The molecule has 1 aliphatic heterocycles. The van der Waals surface area contributed by atoms with Gasteiger partial charge >= 0.3 is 0 Å². The zero-order chi connectivity index (χ0) is 15.4. The third-order valence-corrected chi connectivity index (χ3v) is 3.16. The van der Waals surface area contributed by atoms with Crippen molar-refractivity contribution in [1.82, 2.24) is 15.0 Å². The maximum Gasteiger partial charge on any atom is 0.257 e. The van der Waals surface area contributed by atoms with Gasteiger partial charge in [0.15, 0.2) is 0 Å². The van der Waals surface area contributed by atoms with Gasteiger partial charge < -0.3 is 15.0 Å². The lowest BCUT2D eigenvalue weighted by Gasteiger charge is -2.26. The van der Waals surface area contributed by atoms with Crippen molar-refractivity contribution in [3.8, 4) is 0 Å². The number of nitrogens with one attached hydrogen (secondary N) is 1. The molecule has 7 nitrogen and oxygen atoms in total. The molecule has 0 saturated carbocycles. The van der Waals surface area contributed by atoms with E-state index in [1.807, 2.05) is 4.90 Å². The minimum atomic E-state index is -0.563. The first-order valence-corrected chi connectivity index (χ1v) is 6.79. The molecule has 2 aromatic rings. The van der Waals surface area contributed by atoms with Gasteiger partial charge in [0.1, 0.15) is 5.82 Å². The first kappa shape index (κ1) is 14.3. The molecule has 1 amide bonds. The molecular weight excluding hydrogens is 289 g/mol. The third-order valence-electron chi connectivity index (χ3n) is 3.16. The quantitative estimate of drug-likeness (QED) is 0.914. The Morgan fingerprint density at radius 2 is 1.91 bits per heavy atom. The Balaban J connectivity index is 1.66. The molecule has 3 rings (SSSR count). The highest BCUT2D eigenvalue weighted by Gasteiger charge is 2.14. The number of anilines is 2. The molecule has 0 atom stereocenters. The maximum atomic E-state index is 13.0. The third kappa shape index (κ3) is 3.34. The van der Waals surface area contributed by atoms with E-state index >= 15 is 0 Å². The number of amides is 1. The smallest absolute Gasteiger partial charge is 0.257 e. The van der Waals surface area contributed by atoms with Crippen molar-refractivity contribution in [3.63, 3.8) is 0 Å². The van der Waals surface area contributed by atoms with Crippen LogP contribution in [0, 0.1) is 5.82 Å². The summed E-state index contributed by atoms with van der Waals surface area (Å²) >= 11 is 0. The van der Waals surface area contributed by atoms with Crippen LogP contribution in [-0.2, 0) is 4.74 Å².